The van der Waals surface area contributed by atoms with Gasteiger partial charge >= 0.3 is 0 Å². The van der Waals surface area contributed by atoms with Gasteiger partial charge in [-0.25, -0.2) is 0 Å². The number of ether oxygens (including phenoxy) is 3. The van der Waals surface area contributed by atoms with Crippen molar-refractivity contribution in [2.75, 3.05) is 39.1 Å². The molecule has 3 aliphatic heterocycles. The van der Waals surface area contributed by atoms with E-state index in [1.807, 2.05) is 18.2 Å². The summed E-state index contributed by atoms with van der Waals surface area (Å²) in [6.45, 7) is 3.30. The number of likely N-dealkylation sites (tertiary alicyclic amines) is 1. The fourth-order valence-electron chi connectivity index (χ4n) is 3.54. The molecule has 3 heterocycles. The van der Waals surface area contributed by atoms with Crippen LogP contribution in [0.5, 0.6) is 17.2 Å². The fraction of sp³-hybridized carbons (Fsp3) is 0.588. The number of piperidine rings is 1. The summed E-state index contributed by atoms with van der Waals surface area (Å²) in [4.78, 5) is 13.9. The molecule has 1 N–H and O–H groups in total. The number of hydrogen-bond acceptors (Lipinski definition) is 6. The number of para-hydroxylation sites is 1. The third kappa shape index (κ3) is 3.02. The molecule has 6 nitrogen and oxygen atoms in total. The van der Waals surface area contributed by atoms with Crippen molar-refractivity contribution in [1.29, 1.82) is 0 Å². The Bertz CT molecular complexity index is 617. The van der Waals surface area contributed by atoms with Gasteiger partial charge in [0.1, 0.15) is 12.7 Å². The highest BCUT2D eigenvalue weighted by Gasteiger charge is 2.41. The Balaban J connectivity index is 1.35. The first-order valence-corrected chi connectivity index (χ1v) is 9.30. The minimum atomic E-state index is -0.0344. The van der Waals surface area contributed by atoms with Gasteiger partial charge in [0.2, 0.25) is 11.7 Å². The molecule has 1 aromatic rings. The molecule has 1 aromatic carbocycles. The first-order chi connectivity index (χ1) is 11.7. The van der Waals surface area contributed by atoms with Crippen molar-refractivity contribution in [3.05, 3.63) is 18.2 Å². The quantitative estimate of drug-likeness (QED) is 0.891. The van der Waals surface area contributed by atoms with Crippen molar-refractivity contribution in [3.63, 3.8) is 0 Å². The van der Waals surface area contributed by atoms with Crippen LogP contribution in [0.1, 0.15) is 12.8 Å². The zero-order valence-corrected chi connectivity index (χ0v) is 14.6. The summed E-state index contributed by atoms with van der Waals surface area (Å²) in [5.74, 6) is 2.91. The number of carbonyl (C=O) groups is 1. The van der Waals surface area contributed by atoms with Crippen LogP contribution < -0.4 is 19.5 Å². The summed E-state index contributed by atoms with van der Waals surface area (Å²) >= 11 is 1.76. The molecule has 0 radical (unpaired) electrons. The van der Waals surface area contributed by atoms with Gasteiger partial charge in [0.05, 0.1) is 17.7 Å². The van der Waals surface area contributed by atoms with Gasteiger partial charge in [-0.15, -0.1) is 11.8 Å². The topological polar surface area (TPSA) is 60.0 Å². The summed E-state index contributed by atoms with van der Waals surface area (Å²) in [5, 5.41) is 3.15. The molecule has 0 saturated carbocycles. The summed E-state index contributed by atoms with van der Waals surface area (Å²) < 4.78 is 17.3. The minimum Gasteiger partial charge on any atom is -0.493 e. The van der Waals surface area contributed by atoms with Crippen molar-refractivity contribution in [1.82, 2.24) is 10.2 Å². The second-order valence-electron chi connectivity index (χ2n) is 6.47. The number of nitrogens with one attached hydrogen (secondary N) is 1. The van der Waals surface area contributed by atoms with Crippen LogP contribution in [0.25, 0.3) is 0 Å². The van der Waals surface area contributed by atoms with Crippen LogP contribution in [0.2, 0.25) is 0 Å². The van der Waals surface area contributed by atoms with E-state index in [4.69, 9.17) is 14.2 Å². The standard InChI is InChI=1S/C17H22N2O4S/c1-21-13-3-2-4-14-16(13)23-12(10-22-14)9-19-7-5-17(6-8-19)18-15(20)11-24-17/h2-4,12H,5-11H2,1H3,(H,18,20). The Hall–Kier alpha value is -1.60. The number of nitrogens with zero attached hydrogens (tertiary/aromatic N) is 1. The molecule has 2 saturated heterocycles. The van der Waals surface area contributed by atoms with Crippen molar-refractivity contribution in [2.45, 2.75) is 23.8 Å². The predicted molar refractivity (Wildman–Crippen MR) is 91.9 cm³/mol. The Kier molecular flexibility index (Phi) is 4.22. The molecule has 1 amide bonds. The van der Waals surface area contributed by atoms with Gasteiger partial charge in [-0.1, -0.05) is 6.07 Å². The number of benzene rings is 1. The molecule has 1 spiro atoms. The third-order valence-electron chi connectivity index (χ3n) is 4.84. The van der Waals surface area contributed by atoms with Gasteiger partial charge in [-0.2, -0.15) is 0 Å². The smallest absolute Gasteiger partial charge is 0.231 e. The molecule has 4 rings (SSSR count). The lowest BCUT2D eigenvalue weighted by Crippen LogP contribution is -2.52. The van der Waals surface area contributed by atoms with Crippen LogP contribution in [0.4, 0.5) is 0 Å². The van der Waals surface area contributed by atoms with E-state index in [-0.39, 0.29) is 16.9 Å². The maximum Gasteiger partial charge on any atom is 0.231 e. The molecule has 1 unspecified atom stereocenters. The molecule has 7 heteroatoms. The lowest BCUT2D eigenvalue weighted by atomic mass is 10.0. The predicted octanol–water partition coefficient (Wildman–Crippen LogP) is 1.49. The van der Waals surface area contributed by atoms with E-state index in [1.54, 1.807) is 18.9 Å². The van der Waals surface area contributed by atoms with E-state index in [9.17, 15) is 4.79 Å². The number of fused-ring (bicyclic) bond motifs is 1. The Morgan fingerprint density at radius 1 is 1.42 bits per heavy atom. The third-order valence-corrected chi connectivity index (χ3v) is 6.31. The largest absolute Gasteiger partial charge is 0.493 e. The number of carbonyl (C=O) groups excluding carboxylic acids is 1. The Morgan fingerprint density at radius 3 is 2.96 bits per heavy atom. The maximum absolute atomic E-state index is 11.5. The highest BCUT2D eigenvalue weighted by molar-refractivity contribution is 8.01. The van der Waals surface area contributed by atoms with Crippen LogP contribution in [0, 0.1) is 0 Å². The Labute approximate surface area is 145 Å². The van der Waals surface area contributed by atoms with Gasteiger partial charge in [0, 0.05) is 19.6 Å². The first-order valence-electron chi connectivity index (χ1n) is 8.31. The lowest BCUT2D eigenvalue weighted by molar-refractivity contribution is -0.119. The fourth-order valence-corrected chi connectivity index (χ4v) is 4.68. The Morgan fingerprint density at radius 2 is 2.25 bits per heavy atom. The number of hydrogen-bond donors (Lipinski definition) is 1. The number of amides is 1. The van der Waals surface area contributed by atoms with Gasteiger partial charge < -0.3 is 19.5 Å². The average Bonchev–Trinajstić information content (AvgIpc) is 2.97. The number of methoxy groups -OCH3 is 1. The monoisotopic (exact) mass is 350 g/mol. The molecule has 3 aliphatic rings. The zero-order chi connectivity index (χ0) is 16.6. The molecular formula is C17H22N2O4S. The van der Waals surface area contributed by atoms with Crippen molar-refractivity contribution >= 4 is 17.7 Å². The molecular weight excluding hydrogens is 328 g/mol. The van der Waals surface area contributed by atoms with Crippen LogP contribution in [0.3, 0.4) is 0 Å². The van der Waals surface area contributed by atoms with Crippen LogP contribution in [-0.2, 0) is 4.79 Å². The average molecular weight is 350 g/mol. The van der Waals surface area contributed by atoms with E-state index in [2.05, 4.69) is 10.2 Å². The zero-order valence-electron chi connectivity index (χ0n) is 13.7. The van der Waals surface area contributed by atoms with Crippen LogP contribution in [0.15, 0.2) is 18.2 Å². The second-order valence-corrected chi connectivity index (χ2v) is 7.83. The molecule has 2 fully saturated rings. The highest BCUT2D eigenvalue weighted by Crippen LogP contribution is 2.41. The number of thioether (sulfide) groups is 1. The molecule has 130 valence electrons. The second kappa shape index (κ2) is 6.37. The molecule has 24 heavy (non-hydrogen) atoms. The molecule has 0 aromatic heterocycles. The van der Waals surface area contributed by atoms with E-state index in [1.165, 1.54) is 0 Å². The molecule has 1 atom stereocenters. The van der Waals surface area contributed by atoms with Gasteiger partial charge in [-0.3, -0.25) is 9.69 Å². The van der Waals surface area contributed by atoms with Crippen molar-refractivity contribution in [2.24, 2.45) is 0 Å². The van der Waals surface area contributed by atoms with Crippen molar-refractivity contribution in [3.8, 4) is 17.2 Å². The summed E-state index contributed by atoms with van der Waals surface area (Å²) in [5.41, 5.74) is 0. The van der Waals surface area contributed by atoms with Crippen molar-refractivity contribution < 1.29 is 19.0 Å². The van der Waals surface area contributed by atoms with E-state index in [0.717, 1.165) is 38.2 Å². The molecule has 0 bridgehead atoms. The first kappa shape index (κ1) is 15.9. The molecule has 0 aliphatic carbocycles. The summed E-state index contributed by atoms with van der Waals surface area (Å²) in [6, 6.07) is 5.69. The van der Waals surface area contributed by atoms with Crippen LogP contribution in [-0.4, -0.2) is 60.9 Å². The lowest BCUT2D eigenvalue weighted by Gasteiger charge is -2.40. The highest BCUT2D eigenvalue weighted by atomic mass is 32.2. The SMILES string of the molecule is COc1cccc2c1OC(CN1CCC3(CC1)NC(=O)CS3)CO2. The minimum absolute atomic E-state index is 0.00586. The van der Waals surface area contributed by atoms with E-state index < -0.39 is 0 Å². The number of rotatable bonds is 3. The van der Waals surface area contributed by atoms with Crippen LogP contribution >= 0.6 is 11.8 Å². The summed E-state index contributed by atoms with van der Waals surface area (Å²) in [6.07, 6.45) is 1.96. The summed E-state index contributed by atoms with van der Waals surface area (Å²) in [7, 11) is 1.64. The van der Waals surface area contributed by atoms with E-state index in [0.29, 0.717) is 23.9 Å². The van der Waals surface area contributed by atoms with Gasteiger partial charge in [0.15, 0.2) is 11.5 Å². The van der Waals surface area contributed by atoms with Gasteiger partial charge in [0.25, 0.3) is 0 Å². The normalized spacial score (nSPS) is 25.5. The maximum atomic E-state index is 11.5. The van der Waals surface area contributed by atoms with E-state index >= 15 is 0 Å². The van der Waals surface area contributed by atoms with Gasteiger partial charge in [-0.05, 0) is 25.0 Å².